The van der Waals surface area contributed by atoms with E-state index in [2.05, 4.69) is 4.90 Å². The number of morpholine rings is 1. The lowest BCUT2D eigenvalue weighted by Gasteiger charge is -2.28. The van der Waals surface area contributed by atoms with Gasteiger partial charge < -0.3 is 19.0 Å². The fraction of sp³-hybridized carbons (Fsp3) is 0.261. The van der Waals surface area contributed by atoms with E-state index in [9.17, 15) is 4.79 Å². The van der Waals surface area contributed by atoms with Crippen molar-refractivity contribution in [2.75, 3.05) is 43.2 Å². The molecular weight excluding hydrogens is 380 g/mol. The molecule has 0 unspecified atom stereocenters. The molecule has 2 aliphatic heterocycles. The van der Waals surface area contributed by atoms with E-state index in [0.717, 1.165) is 35.5 Å². The average Bonchev–Trinajstić information content (AvgIpc) is 3.31. The van der Waals surface area contributed by atoms with Crippen LogP contribution < -0.4 is 9.80 Å². The first kappa shape index (κ1) is 17.4. The lowest BCUT2D eigenvalue weighted by atomic mass is 10.1. The van der Waals surface area contributed by atoms with Crippen molar-refractivity contribution in [2.24, 2.45) is 0 Å². The first-order chi connectivity index (χ1) is 14.6. The van der Waals surface area contributed by atoms with Gasteiger partial charge in [0.15, 0.2) is 5.58 Å². The first-order valence-electron chi connectivity index (χ1n) is 10.1. The molecule has 150 valence electrons. The Morgan fingerprint density at radius 2 is 1.77 bits per heavy atom. The molecule has 0 N–H and O–H groups in total. The van der Waals surface area contributed by atoms with Crippen molar-refractivity contribution in [3.8, 4) is 11.5 Å². The van der Waals surface area contributed by atoms with Gasteiger partial charge in [-0.25, -0.2) is 9.97 Å². The molecule has 4 heterocycles. The number of carbonyl (C=O) groups is 1. The maximum atomic E-state index is 12.9. The van der Waals surface area contributed by atoms with Gasteiger partial charge >= 0.3 is 0 Å². The molecular formula is C23H20N4O3. The largest absolute Gasteiger partial charge is 0.436 e. The molecule has 0 aliphatic carbocycles. The summed E-state index contributed by atoms with van der Waals surface area (Å²) in [5.74, 6) is 1.30. The van der Waals surface area contributed by atoms with Gasteiger partial charge in [0.05, 0.1) is 24.5 Å². The molecule has 4 aromatic rings. The number of aryl methyl sites for hydroxylation is 1. The van der Waals surface area contributed by atoms with Crippen molar-refractivity contribution in [1.29, 1.82) is 0 Å². The molecule has 0 bridgehead atoms. The van der Waals surface area contributed by atoms with Crippen LogP contribution in [0.25, 0.3) is 33.5 Å². The number of rotatable bonds is 2. The normalized spacial score (nSPS) is 16.3. The predicted octanol–water partition coefficient (Wildman–Crippen LogP) is 3.78. The third-order valence-electron chi connectivity index (χ3n) is 5.94. The van der Waals surface area contributed by atoms with Crippen LogP contribution in [0.4, 0.5) is 11.5 Å². The van der Waals surface area contributed by atoms with Crippen molar-refractivity contribution >= 4 is 39.4 Å². The molecule has 0 atom stereocenters. The van der Waals surface area contributed by atoms with Gasteiger partial charge in [0.2, 0.25) is 5.89 Å². The summed E-state index contributed by atoms with van der Waals surface area (Å²) in [6, 6.07) is 11.9. The number of hydrogen-bond donors (Lipinski definition) is 0. The molecule has 0 saturated carbocycles. The number of anilines is 2. The van der Waals surface area contributed by atoms with E-state index in [1.54, 1.807) is 11.9 Å². The minimum absolute atomic E-state index is 0.0293. The monoisotopic (exact) mass is 400 g/mol. The van der Waals surface area contributed by atoms with E-state index < -0.39 is 0 Å². The summed E-state index contributed by atoms with van der Waals surface area (Å²) < 4.78 is 11.6. The Morgan fingerprint density at radius 3 is 2.53 bits per heavy atom. The van der Waals surface area contributed by atoms with Crippen LogP contribution in [0.15, 0.2) is 40.8 Å². The standard InChI is InChI=1S/C23H20N4O3/c1-13-3-5-14(6-4-13)22-25-20-17(30-22)12-16-19-15(23(28)26(16)2)11-18(24-21(19)20)27-7-9-29-10-8-27/h3-6,11-12H,7-10H2,1-2H3. The summed E-state index contributed by atoms with van der Waals surface area (Å²) >= 11 is 0. The Kier molecular flexibility index (Phi) is 3.64. The van der Waals surface area contributed by atoms with Gasteiger partial charge in [-0.15, -0.1) is 0 Å². The van der Waals surface area contributed by atoms with Crippen LogP contribution in [0.3, 0.4) is 0 Å². The number of fused-ring (bicyclic) bond motifs is 2. The van der Waals surface area contributed by atoms with Gasteiger partial charge in [-0.2, -0.15) is 0 Å². The Balaban J connectivity index is 1.61. The zero-order valence-corrected chi connectivity index (χ0v) is 16.8. The third kappa shape index (κ3) is 2.45. The molecule has 1 amide bonds. The summed E-state index contributed by atoms with van der Waals surface area (Å²) in [5, 5.41) is 0.843. The molecule has 2 aliphatic rings. The number of aromatic nitrogens is 2. The summed E-state index contributed by atoms with van der Waals surface area (Å²) in [6.07, 6.45) is 0. The molecule has 6 rings (SSSR count). The van der Waals surface area contributed by atoms with E-state index in [1.165, 1.54) is 5.56 Å². The van der Waals surface area contributed by atoms with Gasteiger partial charge in [-0.3, -0.25) is 4.79 Å². The summed E-state index contributed by atoms with van der Waals surface area (Å²) in [5.41, 5.74) is 5.60. The van der Waals surface area contributed by atoms with Crippen LogP contribution >= 0.6 is 0 Å². The van der Waals surface area contributed by atoms with Crippen molar-refractivity contribution in [2.45, 2.75) is 6.92 Å². The first-order valence-corrected chi connectivity index (χ1v) is 10.1. The quantitative estimate of drug-likeness (QED) is 0.510. The van der Waals surface area contributed by atoms with Crippen LogP contribution in [-0.2, 0) is 4.74 Å². The second-order valence-corrected chi connectivity index (χ2v) is 7.84. The SMILES string of the molecule is Cc1ccc(-c2nc3c(cc4c5c(cc(N6CCOCC6)nc53)C(=O)N4C)o2)cc1. The number of hydrogen-bond acceptors (Lipinski definition) is 6. The second kappa shape index (κ2) is 6.27. The predicted molar refractivity (Wildman–Crippen MR) is 115 cm³/mol. The second-order valence-electron chi connectivity index (χ2n) is 7.84. The van der Waals surface area contributed by atoms with Crippen LogP contribution in [-0.4, -0.2) is 49.2 Å². The number of pyridine rings is 1. The van der Waals surface area contributed by atoms with Gasteiger partial charge in [0.25, 0.3) is 5.91 Å². The van der Waals surface area contributed by atoms with E-state index in [-0.39, 0.29) is 5.91 Å². The van der Waals surface area contributed by atoms with E-state index in [4.69, 9.17) is 19.1 Å². The van der Waals surface area contributed by atoms with Crippen molar-refractivity contribution in [1.82, 2.24) is 9.97 Å². The zero-order valence-electron chi connectivity index (χ0n) is 16.8. The molecule has 0 spiro atoms. The van der Waals surface area contributed by atoms with Crippen molar-refractivity contribution in [3.05, 3.63) is 47.5 Å². The summed E-state index contributed by atoms with van der Waals surface area (Å²) in [6.45, 7) is 4.85. The minimum atomic E-state index is -0.0293. The van der Waals surface area contributed by atoms with Crippen LogP contribution in [0.5, 0.6) is 0 Å². The molecule has 7 heteroatoms. The van der Waals surface area contributed by atoms with Gasteiger partial charge in [-0.05, 0) is 25.1 Å². The smallest absolute Gasteiger partial charge is 0.258 e. The number of nitrogens with zero attached hydrogens (tertiary/aromatic N) is 4. The summed E-state index contributed by atoms with van der Waals surface area (Å²) in [7, 11) is 1.79. The zero-order chi connectivity index (χ0) is 20.4. The maximum absolute atomic E-state index is 12.9. The highest BCUT2D eigenvalue weighted by Crippen LogP contribution is 2.42. The highest BCUT2D eigenvalue weighted by molar-refractivity contribution is 6.28. The van der Waals surface area contributed by atoms with Gasteiger partial charge in [-0.1, -0.05) is 17.7 Å². The molecule has 1 fully saturated rings. The number of benzene rings is 2. The fourth-order valence-electron chi connectivity index (χ4n) is 4.26. The molecule has 0 radical (unpaired) electrons. The fourth-order valence-corrected chi connectivity index (χ4v) is 4.26. The maximum Gasteiger partial charge on any atom is 0.258 e. The Morgan fingerprint density at radius 1 is 1.00 bits per heavy atom. The lowest BCUT2D eigenvalue weighted by molar-refractivity contribution is 0.0999. The average molecular weight is 400 g/mol. The Bertz CT molecular complexity index is 1320. The van der Waals surface area contributed by atoms with Gasteiger partial charge in [0, 0.05) is 37.2 Å². The highest BCUT2D eigenvalue weighted by atomic mass is 16.5. The third-order valence-corrected chi connectivity index (χ3v) is 5.94. The number of amides is 1. The molecule has 2 aromatic carbocycles. The number of carbonyl (C=O) groups excluding carboxylic acids is 1. The molecule has 7 nitrogen and oxygen atoms in total. The van der Waals surface area contributed by atoms with Gasteiger partial charge in [0.1, 0.15) is 16.9 Å². The van der Waals surface area contributed by atoms with Crippen molar-refractivity contribution < 1.29 is 13.9 Å². The van der Waals surface area contributed by atoms with E-state index in [0.29, 0.717) is 41.3 Å². The molecule has 2 aromatic heterocycles. The van der Waals surface area contributed by atoms with Crippen LogP contribution in [0.1, 0.15) is 15.9 Å². The number of oxazole rings is 1. The molecule has 30 heavy (non-hydrogen) atoms. The Hall–Kier alpha value is -3.45. The van der Waals surface area contributed by atoms with E-state index in [1.807, 2.05) is 43.3 Å². The van der Waals surface area contributed by atoms with E-state index >= 15 is 0 Å². The van der Waals surface area contributed by atoms with Crippen molar-refractivity contribution in [3.63, 3.8) is 0 Å². The summed E-state index contributed by atoms with van der Waals surface area (Å²) in [4.78, 5) is 26.5. The van der Waals surface area contributed by atoms with Crippen LogP contribution in [0, 0.1) is 6.92 Å². The minimum Gasteiger partial charge on any atom is -0.436 e. The lowest BCUT2D eigenvalue weighted by Crippen LogP contribution is -2.36. The van der Waals surface area contributed by atoms with Crippen LogP contribution in [0.2, 0.25) is 0 Å². The Labute approximate surface area is 172 Å². The highest BCUT2D eigenvalue weighted by Gasteiger charge is 2.32. The molecule has 1 saturated heterocycles. The number of ether oxygens (including phenoxy) is 1. The topological polar surface area (TPSA) is 71.7 Å².